The maximum Gasteiger partial charge on any atom is 0.265 e. The number of fused-ring (bicyclic) bond motifs is 1. The lowest BCUT2D eigenvalue weighted by atomic mass is 10.1. The second-order valence-electron chi connectivity index (χ2n) is 7.11. The number of anilines is 1. The highest BCUT2D eigenvalue weighted by Crippen LogP contribution is 2.29. The third-order valence-corrected chi connectivity index (χ3v) is 8.34. The molecule has 1 N–H and O–H groups in total. The van der Waals surface area contributed by atoms with Gasteiger partial charge in [-0.3, -0.25) is 4.79 Å². The van der Waals surface area contributed by atoms with Crippen LogP contribution in [0.4, 0.5) is 5.69 Å². The normalized spacial score (nSPS) is 18.3. The van der Waals surface area contributed by atoms with Crippen molar-refractivity contribution in [2.45, 2.75) is 37.0 Å². The monoisotopic (exact) mass is 420 g/mol. The predicted molar refractivity (Wildman–Crippen MR) is 110 cm³/mol. The molecule has 0 atom stereocenters. The Morgan fingerprint density at radius 1 is 1.04 bits per heavy atom. The van der Waals surface area contributed by atoms with Crippen molar-refractivity contribution in [3.8, 4) is 0 Å². The largest absolute Gasteiger partial charge is 0.379 e. The fourth-order valence-electron chi connectivity index (χ4n) is 3.62. The molecule has 2 aromatic rings. The lowest BCUT2D eigenvalue weighted by molar-refractivity contribution is 0.0730. The molecule has 1 saturated heterocycles. The molecule has 1 aromatic heterocycles. The number of nitrogens with one attached hydrogen (secondary N) is 1. The molecule has 28 heavy (non-hydrogen) atoms. The molecule has 2 heterocycles. The Morgan fingerprint density at radius 2 is 1.75 bits per heavy atom. The molecule has 0 saturated carbocycles. The number of amides is 1. The second kappa shape index (κ2) is 8.32. The fraction of sp³-hybridized carbons (Fsp3) is 0.450. The Kier molecular flexibility index (Phi) is 5.82. The minimum absolute atomic E-state index is 0.137. The molecule has 1 amide bonds. The summed E-state index contributed by atoms with van der Waals surface area (Å²) in [6.45, 7) is 1.56. The van der Waals surface area contributed by atoms with Gasteiger partial charge in [0.2, 0.25) is 10.0 Å². The molecule has 0 bridgehead atoms. The lowest BCUT2D eigenvalue weighted by Crippen LogP contribution is -2.40. The third kappa shape index (κ3) is 4.15. The Labute approximate surface area is 169 Å². The Bertz CT molecular complexity index is 922. The van der Waals surface area contributed by atoms with Crippen molar-refractivity contribution < 1.29 is 17.9 Å². The zero-order valence-electron chi connectivity index (χ0n) is 15.6. The van der Waals surface area contributed by atoms with Crippen molar-refractivity contribution in [1.29, 1.82) is 0 Å². The van der Waals surface area contributed by atoms with Gasteiger partial charge in [-0.2, -0.15) is 4.31 Å². The number of thiophene rings is 1. The summed E-state index contributed by atoms with van der Waals surface area (Å²) >= 11 is 1.58. The van der Waals surface area contributed by atoms with E-state index in [-0.39, 0.29) is 10.8 Å². The number of morpholine rings is 1. The molecule has 2 aliphatic rings. The molecular formula is C20H24N2O4S2. The predicted octanol–water partition coefficient (Wildman–Crippen LogP) is 3.29. The highest BCUT2D eigenvalue weighted by Gasteiger charge is 2.26. The van der Waals surface area contributed by atoms with E-state index in [1.54, 1.807) is 35.6 Å². The Morgan fingerprint density at radius 3 is 2.50 bits per heavy atom. The van der Waals surface area contributed by atoms with E-state index in [1.807, 2.05) is 6.07 Å². The van der Waals surface area contributed by atoms with Crippen molar-refractivity contribution in [3.63, 3.8) is 0 Å². The summed E-state index contributed by atoms with van der Waals surface area (Å²) in [5.41, 5.74) is 1.90. The van der Waals surface area contributed by atoms with Crippen LogP contribution in [-0.2, 0) is 27.6 Å². The molecule has 1 aliphatic heterocycles. The summed E-state index contributed by atoms with van der Waals surface area (Å²) in [5.74, 6) is -0.137. The molecule has 1 aromatic carbocycles. The summed E-state index contributed by atoms with van der Waals surface area (Å²) in [7, 11) is -3.52. The van der Waals surface area contributed by atoms with Gasteiger partial charge in [0.15, 0.2) is 0 Å². The van der Waals surface area contributed by atoms with Gasteiger partial charge in [-0.25, -0.2) is 8.42 Å². The summed E-state index contributed by atoms with van der Waals surface area (Å²) < 4.78 is 32.0. The smallest absolute Gasteiger partial charge is 0.265 e. The van der Waals surface area contributed by atoms with Crippen LogP contribution < -0.4 is 5.32 Å². The van der Waals surface area contributed by atoms with Crippen LogP contribution >= 0.6 is 11.3 Å². The summed E-state index contributed by atoms with van der Waals surface area (Å²) in [4.78, 5) is 14.9. The van der Waals surface area contributed by atoms with Crippen molar-refractivity contribution in [1.82, 2.24) is 4.31 Å². The zero-order chi connectivity index (χ0) is 19.6. The van der Waals surface area contributed by atoms with E-state index in [2.05, 4.69) is 5.32 Å². The van der Waals surface area contributed by atoms with Crippen LogP contribution in [0.5, 0.6) is 0 Å². The molecule has 0 spiro atoms. The van der Waals surface area contributed by atoms with Gasteiger partial charge < -0.3 is 10.1 Å². The van der Waals surface area contributed by atoms with Crippen LogP contribution in [0.25, 0.3) is 0 Å². The molecule has 6 nitrogen and oxygen atoms in total. The number of rotatable bonds is 4. The van der Waals surface area contributed by atoms with Gasteiger partial charge in [0.1, 0.15) is 0 Å². The zero-order valence-corrected chi connectivity index (χ0v) is 17.3. The highest BCUT2D eigenvalue weighted by atomic mass is 32.2. The van der Waals surface area contributed by atoms with Gasteiger partial charge in [-0.05, 0) is 61.6 Å². The maximum atomic E-state index is 12.7. The van der Waals surface area contributed by atoms with Gasteiger partial charge >= 0.3 is 0 Å². The van der Waals surface area contributed by atoms with Gasteiger partial charge in [-0.15, -0.1) is 11.3 Å². The van der Waals surface area contributed by atoms with Gasteiger partial charge in [0.25, 0.3) is 5.91 Å². The molecule has 0 unspecified atom stereocenters. The number of carbonyl (C=O) groups excluding carboxylic acids is 1. The Balaban J connectivity index is 1.45. The number of ether oxygens (including phenoxy) is 1. The fourth-order valence-corrected chi connectivity index (χ4v) is 6.18. The number of sulfonamides is 1. The number of hydrogen-bond donors (Lipinski definition) is 1. The summed E-state index contributed by atoms with van der Waals surface area (Å²) in [5, 5.41) is 2.88. The number of benzene rings is 1. The molecular weight excluding hydrogens is 396 g/mol. The third-order valence-electron chi connectivity index (χ3n) is 5.19. The van der Waals surface area contributed by atoms with E-state index in [9.17, 15) is 13.2 Å². The van der Waals surface area contributed by atoms with E-state index in [1.165, 1.54) is 34.0 Å². The van der Waals surface area contributed by atoms with Crippen molar-refractivity contribution in [3.05, 3.63) is 45.6 Å². The van der Waals surface area contributed by atoms with E-state index in [4.69, 9.17) is 4.74 Å². The van der Waals surface area contributed by atoms with Crippen molar-refractivity contribution in [2.24, 2.45) is 0 Å². The number of hydrogen-bond acceptors (Lipinski definition) is 5. The van der Waals surface area contributed by atoms with Crippen LogP contribution in [0.3, 0.4) is 0 Å². The van der Waals surface area contributed by atoms with Crippen LogP contribution in [0, 0.1) is 0 Å². The Hall–Kier alpha value is -1.74. The average molecular weight is 421 g/mol. The first-order valence-electron chi connectivity index (χ1n) is 9.65. The maximum absolute atomic E-state index is 12.7. The number of aryl methyl sites for hydroxylation is 2. The first-order valence-corrected chi connectivity index (χ1v) is 11.9. The average Bonchev–Trinajstić information content (AvgIpc) is 3.00. The molecule has 150 valence electrons. The molecule has 1 fully saturated rings. The van der Waals surface area contributed by atoms with E-state index >= 15 is 0 Å². The van der Waals surface area contributed by atoms with E-state index < -0.39 is 10.0 Å². The van der Waals surface area contributed by atoms with Crippen LogP contribution in [-0.4, -0.2) is 44.9 Å². The lowest BCUT2D eigenvalue weighted by Gasteiger charge is -2.26. The standard InChI is InChI=1S/C20H24N2O4S2/c23-20(19-14-15-4-2-1-3-5-18(15)27-19)21-16-6-8-17(9-7-16)28(24,25)22-10-12-26-13-11-22/h6-9,14H,1-5,10-13H2,(H,21,23). The number of carbonyl (C=O) groups is 1. The molecule has 8 heteroatoms. The summed E-state index contributed by atoms with van der Waals surface area (Å²) in [6, 6.07) is 8.39. The number of nitrogens with zero attached hydrogens (tertiary/aromatic N) is 1. The van der Waals surface area contributed by atoms with Crippen LogP contribution in [0.15, 0.2) is 35.2 Å². The summed E-state index contributed by atoms with van der Waals surface area (Å²) in [6.07, 6.45) is 5.73. The van der Waals surface area contributed by atoms with Crippen LogP contribution in [0.2, 0.25) is 0 Å². The molecule has 1 aliphatic carbocycles. The first kappa shape index (κ1) is 19.6. The van der Waals surface area contributed by atoms with Gasteiger partial charge in [-0.1, -0.05) is 6.42 Å². The van der Waals surface area contributed by atoms with Gasteiger partial charge in [0.05, 0.1) is 23.0 Å². The van der Waals surface area contributed by atoms with E-state index in [0.717, 1.165) is 17.7 Å². The first-order chi connectivity index (χ1) is 13.5. The van der Waals surface area contributed by atoms with Crippen molar-refractivity contribution in [2.75, 3.05) is 31.6 Å². The van der Waals surface area contributed by atoms with Crippen molar-refractivity contribution >= 4 is 33.0 Å². The minimum Gasteiger partial charge on any atom is -0.379 e. The minimum atomic E-state index is -3.52. The molecule has 0 radical (unpaired) electrons. The topological polar surface area (TPSA) is 75.7 Å². The second-order valence-corrected chi connectivity index (χ2v) is 10.2. The SMILES string of the molecule is O=C(Nc1ccc(S(=O)(=O)N2CCOCC2)cc1)c1cc2c(s1)CCCCC2. The quantitative estimate of drug-likeness (QED) is 0.770. The highest BCUT2D eigenvalue weighted by molar-refractivity contribution is 7.89. The molecule has 4 rings (SSSR count). The van der Waals surface area contributed by atoms with Crippen LogP contribution in [0.1, 0.15) is 39.4 Å². The van der Waals surface area contributed by atoms with Gasteiger partial charge in [0, 0.05) is 23.7 Å². The van der Waals surface area contributed by atoms with E-state index in [0.29, 0.717) is 32.0 Å².